The molecular weight excluding hydrogens is 557 g/mol. The fourth-order valence-electron chi connectivity index (χ4n) is 4.80. The second kappa shape index (κ2) is 11.5. The second-order valence-electron chi connectivity index (χ2n) is 10.5. The Morgan fingerprint density at radius 1 is 0.976 bits per heavy atom. The summed E-state index contributed by atoms with van der Waals surface area (Å²) in [4.78, 5) is 32.1. The second-order valence-corrected chi connectivity index (χ2v) is 12.0. The lowest BCUT2D eigenvalue weighted by Gasteiger charge is -2.27. The summed E-state index contributed by atoms with van der Waals surface area (Å²) >= 11 is 7.52. The van der Waals surface area contributed by atoms with Crippen molar-refractivity contribution in [3.05, 3.63) is 129 Å². The van der Waals surface area contributed by atoms with Crippen LogP contribution >= 0.6 is 23.4 Å². The maximum atomic E-state index is 13.6. The van der Waals surface area contributed by atoms with Crippen LogP contribution in [0.25, 0.3) is 10.6 Å². The molecule has 41 heavy (non-hydrogen) atoms. The van der Waals surface area contributed by atoms with Crippen molar-refractivity contribution < 1.29 is 14.0 Å². The monoisotopic (exact) mass is 585 g/mol. The van der Waals surface area contributed by atoms with Gasteiger partial charge in [0.1, 0.15) is 10.9 Å². The van der Waals surface area contributed by atoms with Crippen molar-refractivity contribution in [3.8, 4) is 0 Å². The number of nitrogens with zero attached hydrogens (tertiary/aromatic N) is 1. The Morgan fingerprint density at radius 2 is 1.68 bits per heavy atom. The van der Waals surface area contributed by atoms with Gasteiger partial charge in [0.15, 0.2) is 0 Å². The molecular formula is C33H29ClFN3O2S. The molecule has 2 heterocycles. The maximum Gasteiger partial charge on any atom is 0.251 e. The molecule has 0 saturated carbocycles. The number of benzene rings is 3. The minimum Gasteiger partial charge on any atom is -0.355 e. The van der Waals surface area contributed by atoms with Crippen molar-refractivity contribution in [2.75, 3.05) is 7.05 Å². The topological polar surface area (TPSA) is 70.6 Å². The van der Waals surface area contributed by atoms with Crippen LogP contribution in [0.5, 0.6) is 0 Å². The molecule has 0 atom stereocenters. The molecule has 0 radical (unpaired) electrons. The highest BCUT2D eigenvalue weighted by Gasteiger charge is 2.27. The highest BCUT2D eigenvalue weighted by atomic mass is 35.5. The third kappa shape index (κ3) is 6.21. The van der Waals surface area contributed by atoms with Gasteiger partial charge in [-0.2, -0.15) is 0 Å². The van der Waals surface area contributed by atoms with E-state index in [9.17, 15) is 14.0 Å². The third-order valence-electron chi connectivity index (χ3n) is 7.10. The SMILES string of the molecule is CNC(=O)C1=C(c2ccc(F)cc2)N=C2C=C(C=C(c3cc(C(=O)NC(C)(C)c4ccc(Cl)cc4)ccc3C)S2)C1. The smallest absolute Gasteiger partial charge is 0.251 e. The average Bonchev–Trinajstić information content (AvgIpc) is 3.08. The highest BCUT2D eigenvalue weighted by molar-refractivity contribution is 8.22. The Balaban J connectivity index is 1.46. The number of carbonyl (C=O) groups excluding carboxylic acids is 2. The van der Waals surface area contributed by atoms with Gasteiger partial charge in [0.25, 0.3) is 5.91 Å². The number of halogens is 2. The van der Waals surface area contributed by atoms with Crippen LogP contribution in [0.3, 0.4) is 0 Å². The summed E-state index contributed by atoms with van der Waals surface area (Å²) in [6, 6.07) is 19.1. The van der Waals surface area contributed by atoms with Crippen molar-refractivity contribution in [2.24, 2.45) is 4.99 Å². The molecule has 2 aliphatic rings. The summed E-state index contributed by atoms with van der Waals surface area (Å²) in [6.07, 6.45) is 4.37. The molecule has 8 heteroatoms. The van der Waals surface area contributed by atoms with Crippen molar-refractivity contribution in [2.45, 2.75) is 32.7 Å². The lowest BCUT2D eigenvalue weighted by molar-refractivity contribution is -0.117. The number of hydrogen-bond acceptors (Lipinski definition) is 4. The molecule has 0 aromatic heterocycles. The quantitative estimate of drug-likeness (QED) is 0.316. The zero-order chi connectivity index (χ0) is 29.3. The average molecular weight is 586 g/mol. The normalized spacial score (nSPS) is 14.9. The predicted octanol–water partition coefficient (Wildman–Crippen LogP) is 7.43. The first-order valence-corrected chi connectivity index (χ1v) is 14.3. The van der Waals surface area contributed by atoms with Crippen LogP contribution in [0.1, 0.15) is 52.9 Å². The molecule has 0 spiro atoms. The molecule has 0 unspecified atom stereocenters. The van der Waals surface area contributed by atoms with Gasteiger partial charge in [-0.1, -0.05) is 41.6 Å². The molecule has 208 valence electrons. The molecule has 0 aliphatic carbocycles. The molecule has 2 aliphatic heterocycles. The number of fused-ring (bicyclic) bond motifs is 1. The van der Waals surface area contributed by atoms with E-state index in [1.165, 1.54) is 23.9 Å². The fourth-order valence-corrected chi connectivity index (χ4v) is 6.04. The summed E-state index contributed by atoms with van der Waals surface area (Å²) in [5.74, 6) is -0.782. The predicted molar refractivity (Wildman–Crippen MR) is 166 cm³/mol. The van der Waals surface area contributed by atoms with E-state index in [-0.39, 0.29) is 17.6 Å². The Kier molecular flexibility index (Phi) is 8.02. The molecule has 3 aromatic rings. The van der Waals surface area contributed by atoms with Crippen LogP contribution in [0, 0.1) is 12.7 Å². The van der Waals surface area contributed by atoms with E-state index in [0.717, 1.165) is 27.2 Å². The van der Waals surface area contributed by atoms with Gasteiger partial charge in [-0.15, -0.1) is 0 Å². The number of aliphatic imine (C=N–C) groups is 1. The van der Waals surface area contributed by atoms with Gasteiger partial charge in [-0.05, 0) is 104 Å². The molecule has 5 rings (SSSR count). The molecule has 2 bridgehead atoms. The minimum absolute atomic E-state index is 0.191. The summed E-state index contributed by atoms with van der Waals surface area (Å²) in [5.41, 5.74) is 5.40. The van der Waals surface area contributed by atoms with E-state index in [0.29, 0.717) is 38.9 Å². The Bertz CT molecular complexity index is 1670. The number of rotatable bonds is 6. The highest BCUT2D eigenvalue weighted by Crippen LogP contribution is 2.41. The fraction of sp³-hybridized carbons (Fsp3) is 0.182. The van der Waals surface area contributed by atoms with Crippen LogP contribution in [-0.4, -0.2) is 23.9 Å². The van der Waals surface area contributed by atoms with Crippen LogP contribution in [0.2, 0.25) is 5.02 Å². The lowest BCUT2D eigenvalue weighted by Crippen LogP contribution is -2.41. The number of hydrogen-bond donors (Lipinski definition) is 2. The number of allylic oxidation sites excluding steroid dienone is 2. The van der Waals surface area contributed by atoms with Crippen LogP contribution in [-0.2, 0) is 10.3 Å². The van der Waals surface area contributed by atoms with Crippen molar-refractivity contribution in [3.63, 3.8) is 0 Å². The first-order chi connectivity index (χ1) is 19.5. The number of nitrogens with one attached hydrogen (secondary N) is 2. The maximum absolute atomic E-state index is 13.6. The van der Waals surface area contributed by atoms with E-state index in [4.69, 9.17) is 16.6 Å². The number of aryl methyl sites for hydroxylation is 1. The van der Waals surface area contributed by atoms with Crippen molar-refractivity contribution >= 4 is 50.8 Å². The number of amides is 2. The zero-order valence-electron chi connectivity index (χ0n) is 23.1. The first-order valence-electron chi connectivity index (χ1n) is 13.1. The zero-order valence-corrected chi connectivity index (χ0v) is 24.7. The largest absolute Gasteiger partial charge is 0.355 e. The number of thioether (sulfide) groups is 1. The number of likely N-dealkylation sites (N-methyl/N-ethyl adjacent to an activating group) is 1. The summed E-state index contributed by atoms with van der Waals surface area (Å²) in [5, 5.41) is 7.21. The van der Waals surface area contributed by atoms with Crippen LogP contribution < -0.4 is 10.6 Å². The van der Waals surface area contributed by atoms with E-state index in [1.54, 1.807) is 19.2 Å². The molecule has 2 N–H and O–H groups in total. The Morgan fingerprint density at radius 3 is 2.37 bits per heavy atom. The molecule has 0 fully saturated rings. The van der Waals surface area contributed by atoms with Crippen LogP contribution in [0.4, 0.5) is 4.39 Å². The van der Waals surface area contributed by atoms with E-state index < -0.39 is 5.54 Å². The van der Waals surface area contributed by atoms with Gasteiger partial charge >= 0.3 is 0 Å². The van der Waals surface area contributed by atoms with Gasteiger partial charge in [-0.3, -0.25) is 9.59 Å². The lowest BCUT2D eigenvalue weighted by atomic mass is 9.93. The number of carbonyl (C=O) groups is 2. The molecule has 5 nitrogen and oxygen atoms in total. The van der Waals surface area contributed by atoms with E-state index in [2.05, 4.69) is 10.6 Å². The van der Waals surface area contributed by atoms with Crippen molar-refractivity contribution in [1.29, 1.82) is 0 Å². The molecule has 0 saturated heterocycles. The van der Waals surface area contributed by atoms with E-state index >= 15 is 0 Å². The first kappa shape index (κ1) is 28.6. The van der Waals surface area contributed by atoms with Gasteiger partial charge < -0.3 is 10.6 Å². The van der Waals surface area contributed by atoms with E-state index in [1.807, 2.05) is 75.4 Å². The van der Waals surface area contributed by atoms with Crippen molar-refractivity contribution in [1.82, 2.24) is 10.6 Å². The standard InChI is InChI=1S/C33H29ClFN3O2S/c1-19-5-6-22(31(39)38-33(2,3)23-9-11-24(34)12-10-23)18-26(19)28-16-20-15-27(32(40)36-4)30(37-29(17-20)41-28)21-7-13-25(35)14-8-21/h5-14,16-18H,15H2,1-4H3,(H,36,40)(H,38,39). The summed E-state index contributed by atoms with van der Waals surface area (Å²) in [6.45, 7) is 5.91. The molecule has 3 aromatic carbocycles. The summed E-state index contributed by atoms with van der Waals surface area (Å²) < 4.78 is 13.6. The van der Waals surface area contributed by atoms with Gasteiger partial charge in [0, 0.05) is 40.1 Å². The van der Waals surface area contributed by atoms with Gasteiger partial charge in [0.05, 0.1) is 11.2 Å². The Labute approximate surface area is 248 Å². The third-order valence-corrected chi connectivity index (χ3v) is 8.33. The minimum atomic E-state index is -0.612. The van der Waals surface area contributed by atoms with Crippen LogP contribution in [0.15, 0.2) is 95.0 Å². The Hall–Kier alpha value is -3.94. The molecule has 2 amide bonds. The summed E-state index contributed by atoms with van der Waals surface area (Å²) in [7, 11) is 1.58. The van der Waals surface area contributed by atoms with Gasteiger partial charge in [0.2, 0.25) is 5.91 Å². The van der Waals surface area contributed by atoms with Gasteiger partial charge in [-0.25, -0.2) is 9.38 Å².